The molecule has 11 heteroatoms. The molecule has 4 aromatic rings. The molecule has 0 spiro atoms. The quantitative estimate of drug-likeness (QED) is 0.344. The van der Waals surface area contributed by atoms with Crippen molar-refractivity contribution in [2.75, 3.05) is 22.9 Å². The number of pyridine rings is 1. The van der Waals surface area contributed by atoms with E-state index in [9.17, 15) is 14.4 Å². The third-order valence-electron chi connectivity index (χ3n) is 6.76. The van der Waals surface area contributed by atoms with Crippen LogP contribution < -0.4 is 20.3 Å². The number of aromatic nitrogens is 1. The maximum Gasteiger partial charge on any atom is 0.334 e. The molecule has 2 aromatic carbocycles. The van der Waals surface area contributed by atoms with Crippen LogP contribution in [0, 0.1) is 0 Å². The molecule has 0 bridgehead atoms. The minimum absolute atomic E-state index is 0.0689. The molecule has 0 radical (unpaired) electrons. The molecule has 2 aliphatic heterocycles. The van der Waals surface area contributed by atoms with E-state index in [-0.39, 0.29) is 23.7 Å². The first kappa shape index (κ1) is 24.6. The minimum Gasteiger partial charge on any atom is -0.457 e. The number of hydrogen-bond acceptors (Lipinski definition) is 6. The first-order valence-corrected chi connectivity index (χ1v) is 12.9. The van der Waals surface area contributed by atoms with Crippen LogP contribution in [0.4, 0.5) is 26.2 Å². The van der Waals surface area contributed by atoms with Gasteiger partial charge in [0, 0.05) is 12.7 Å². The summed E-state index contributed by atoms with van der Waals surface area (Å²) in [5.41, 5.74) is 6.91. The number of rotatable bonds is 6. The summed E-state index contributed by atoms with van der Waals surface area (Å²) in [5.74, 6) is 0.0387. The highest BCUT2D eigenvalue weighted by Crippen LogP contribution is 2.49. The molecule has 1 fully saturated rings. The number of urea groups is 1. The van der Waals surface area contributed by atoms with E-state index in [2.05, 4.69) is 11.6 Å². The summed E-state index contributed by atoms with van der Waals surface area (Å²) in [6, 6.07) is 16.2. The summed E-state index contributed by atoms with van der Waals surface area (Å²) in [4.78, 5) is 47.9. The number of alkyl halides is 1. The number of halogens is 1. The molecule has 4 amide bonds. The second-order valence-electron chi connectivity index (χ2n) is 9.08. The minimum atomic E-state index is -1.56. The number of likely N-dealkylation sites (tertiary alicyclic amines) is 1. The van der Waals surface area contributed by atoms with E-state index in [1.54, 1.807) is 36.5 Å². The molecule has 2 atom stereocenters. The molecule has 1 saturated heterocycles. The summed E-state index contributed by atoms with van der Waals surface area (Å²) in [6.07, 6.45) is 1.09. The number of primary amides is 1. The molecule has 0 aliphatic carbocycles. The lowest BCUT2D eigenvalue weighted by atomic mass is 10.1. The molecule has 4 heterocycles. The van der Waals surface area contributed by atoms with Crippen LogP contribution in [0.1, 0.15) is 9.67 Å². The van der Waals surface area contributed by atoms with Crippen LogP contribution in [0.3, 0.4) is 0 Å². The normalized spacial score (nSPS) is 18.5. The topological polar surface area (TPSA) is 109 Å². The van der Waals surface area contributed by atoms with Crippen molar-refractivity contribution in [1.82, 2.24) is 9.88 Å². The van der Waals surface area contributed by atoms with Gasteiger partial charge in [-0.05, 0) is 48.5 Å². The zero-order chi connectivity index (χ0) is 27.3. The van der Waals surface area contributed by atoms with Crippen molar-refractivity contribution < 1.29 is 23.5 Å². The van der Waals surface area contributed by atoms with Gasteiger partial charge in [0.1, 0.15) is 27.4 Å². The van der Waals surface area contributed by atoms with Crippen LogP contribution in [0.5, 0.6) is 11.5 Å². The summed E-state index contributed by atoms with van der Waals surface area (Å²) < 4.78 is 21.4. The molecule has 2 aliphatic rings. The van der Waals surface area contributed by atoms with Gasteiger partial charge in [-0.15, -0.1) is 11.3 Å². The van der Waals surface area contributed by atoms with Crippen molar-refractivity contribution in [3.8, 4) is 11.5 Å². The summed E-state index contributed by atoms with van der Waals surface area (Å²) in [7, 11) is 0. The van der Waals surface area contributed by atoms with Crippen molar-refractivity contribution in [3.63, 3.8) is 0 Å². The molecule has 196 valence electrons. The van der Waals surface area contributed by atoms with Gasteiger partial charge in [0.25, 0.3) is 5.91 Å². The Balaban J connectivity index is 1.46. The maximum atomic E-state index is 15.5. The molecule has 9 nitrogen and oxygen atoms in total. The van der Waals surface area contributed by atoms with Crippen LogP contribution in [0.15, 0.2) is 79.5 Å². The van der Waals surface area contributed by atoms with Crippen molar-refractivity contribution >= 4 is 56.5 Å². The van der Waals surface area contributed by atoms with E-state index in [4.69, 9.17) is 10.5 Å². The third kappa shape index (κ3) is 4.07. The second-order valence-corrected chi connectivity index (χ2v) is 10.1. The summed E-state index contributed by atoms with van der Waals surface area (Å²) in [5, 5.41) is 0.515. The first-order valence-electron chi connectivity index (χ1n) is 12.1. The molecular weight excluding hydrogens is 521 g/mol. The van der Waals surface area contributed by atoms with E-state index >= 15 is 4.39 Å². The molecule has 6 rings (SSSR count). The molecule has 0 unspecified atom stereocenters. The Kier molecular flexibility index (Phi) is 5.99. The van der Waals surface area contributed by atoms with Crippen molar-refractivity contribution in [3.05, 3.63) is 84.4 Å². The van der Waals surface area contributed by atoms with E-state index < -0.39 is 30.1 Å². The van der Waals surface area contributed by atoms with Gasteiger partial charge in [-0.25, -0.2) is 14.2 Å². The second kappa shape index (κ2) is 9.52. The zero-order valence-corrected chi connectivity index (χ0v) is 21.3. The number of nitrogens with zero attached hydrogens (tertiary/aromatic N) is 4. The van der Waals surface area contributed by atoms with E-state index in [0.717, 1.165) is 17.4 Å². The van der Waals surface area contributed by atoms with Gasteiger partial charge in [0.2, 0.25) is 5.91 Å². The number of thiophene rings is 1. The van der Waals surface area contributed by atoms with Gasteiger partial charge in [-0.3, -0.25) is 19.4 Å². The van der Waals surface area contributed by atoms with Crippen LogP contribution >= 0.6 is 11.3 Å². The lowest BCUT2D eigenvalue weighted by Gasteiger charge is -2.39. The Morgan fingerprint density at radius 2 is 1.79 bits per heavy atom. The number of carbonyl (C=O) groups excluding carboxylic acids is 3. The predicted octanol–water partition coefficient (Wildman–Crippen LogP) is 5.00. The molecule has 0 saturated carbocycles. The fourth-order valence-electron chi connectivity index (χ4n) is 5.03. The number of para-hydroxylation sites is 1. The van der Waals surface area contributed by atoms with E-state index in [1.807, 2.05) is 30.3 Å². The van der Waals surface area contributed by atoms with Crippen LogP contribution in [-0.4, -0.2) is 53.0 Å². The van der Waals surface area contributed by atoms with Crippen molar-refractivity contribution in [1.29, 1.82) is 0 Å². The van der Waals surface area contributed by atoms with Crippen molar-refractivity contribution in [2.24, 2.45) is 5.73 Å². The van der Waals surface area contributed by atoms with Crippen LogP contribution in [0.2, 0.25) is 0 Å². The highest BCUT2D eigenvalue weighted by Gasteiger charge is 2.47. The average molecular weight is 544 g/mol. The lowest BCUT2D eigenvalue weighted by Crippen LogP contribution is -2.53. The third-order valence-corrected chi connectivity index (χ3v) is 7.86. The highest BCUT2D eigenvalue weighted by molar-refractivity contribution is 7.21. The molecule has 2 aromatic heterocycles. The highest BCUT2D eigenvalue weighted by atomic mass is 32.1. The monoisotopic (exact) mass is 543 g/mol. The Labute approximate surface area is 226 Å². The standard InChI is InChI=1S/C28H22FN5O4S/c1-2-22(35)32-14-19(29)21(15-32)34-24-23-20(12-13-31-27(23)39-25(24)26(30)36)33(28(34)37)16-8-10-18(11-9-16)38-17-6-4-3-5-7-17/h2-13,19,21H,1,14-15H2,(H2,30,36)/t19-,21-/m0/s1. The van der Waals surface area contributed by atoms with E-state index in [1.165, 1.54) is 14.7 Å². The van der Waals surface area contributed by atoms with Gasteiger partial charge in [-0.2, -0.15) is 0 Å². The van der Waals surface area contributed by atoms with Crippen LogP contribution in [-0.2, 0) is 4.79 Å². The number of nitrogens with two attached hydrogens (primary N) is 1. The number of hydrogen-bond donors (Lipinski definition) is 1. The number of amides is 4. The first-order chi connectivity index (χ1) is 18.9. The number of ether oxygens (including phenoxy) is 1. The Morgan fingerprint density at radius 3 is 2.49 bits per heavy atom. The number of anilines is 3. The van der Waals surface area contributed by atoms with Crippen LogP contribution in [0.25, 0.3) is 10.2 Å². The predicted molar refractivity (Wildman–Crippen MR) is 147 cm³/mol. The smallest absolute Gasteiger partial charge is 0.334 e. The Bertz CT molecular complexity index is 1620. The fraction of sp³-hybridized carbons (Fsp3) is 0.143. The largest absolute Gasteiger partial charge is 0.457 e. The van der Waals surface area contributed by atoms with Gasteiger partial charge in [0.05, 0.1) is 35.0 Å². The number of benzene rings is 2. The summed E-state index contributed by atoms with van der Waals surface area (Å²) in [6.45, 7) is 3.20. The lowest BCUT2D eigenvalue weighted by molar-refractivity contribution is -0.125. The van der Waals surface area contributed by atoms with Gasteiger partial charge < -0.3 is 15.4 Å². The van der Waals surface area contributed by atoms with Crippen molar-refractivity contribution in [2.45, 2.75) is 12.2 Å². The van der Waals surface area contributed by atoms with Gasteiger partial charge in [0.15, 0.2) is 0 Å². The fourth-order valence-corrected chi connectivity index (χ4v) is 6.03. The van der Waals surface area contributed by atoms with E-state index in [0.29, 0.717) is 33.1 Å². The average Bonchev–Trinajstić information content (AvgIpc) is 3.52. The SMILES string of the molecule is C=CC(=O)N1C[C@H](F)[C@@H](N2C(=O)N(c3ccc(Oc4ccccc4)cc3)c3ccnc4sc(C(N)=O)c2c34)C1. The van der Waals surface area contributed by atoms with Gasteiger partial charge >= 0.3 is 6.03 Å². The number of carbonyl (C=O) groups is 3. The molecule has 39 heavy (non-hydrogen) atoms. The maximum absolute atomic E-state index is 15.5. The Hall–Kier alpha value is -4.77. The van der Waals surface area contributed by atoms with Gasteiger partial charge in [-0.1, -0.05) is 24.8 Å². The Morgan fingerprint density at radius 1 is 1.08 bits per heavy atom. The summed E-state index contributed by atoms with van der Waals surface area (Å²) >= 11 is 1.04. The molecule has 2 N–H and O–H groups in total. The zero-order valence-electron chi connectivity index (χ0n) is 20.5. The molecular formula is C28H22FN5O4S.